The van der Waals surface area contributed by atoms with Gasteiger partial charge in [0.2, 0.25) is 5.89 Å². The molecular formula is C15H16N4O. The fraction of sp³-hybridized carbons (Fsp3) is 0.267. The van der Waals surface area contributed by atoms with E-state index in [2.05, 4.69) is 44.3 Å². The van der Waals surface area contributed by atoms with E-state index >= 15 is 0 Å². The number of hydrogen-bond donors (Lipinski definition) is 0. The first-order valence-electron chi connectivity index (χ1n) is 6.52. The summed E-state index contributed by atoms with van der Waals surface area (Å²) in [6.07, 6.45) is 1.81. The molecule has 0 bridgehead atoms. The lowest BCUT2D eigenvalue weighted by Crippen LogP contribution is -2.18. The van der Waals surface area contributed by atoms with Gasteiger partial charge in [0, 0.05) is 25.1 Å². The molecule has 2 aromatic heterocycles. The van der Waals surface area contributed by atoms with E-state index in [1.54, 1.807) is 6.92 Å². The lowest BCUT2D eigenvalue weighted by atomic mass is 10.1. The zero-order valence-electron chi connectivity index (χ0n) is 11.6. The van der Waals surface area contributed by atoms with Crippen molar-refractivity contribution >= 4 is 10.9 Å². The zero-order valence-corrected chi connectivity index (χ0v) is 11.6. The van der Waals surface area contributed by atoms with E-state index in [4.69, 9.17) is 4.52 Å². The van der Waals surface area contributed by atoms with Crippen LogP contribution in [-0.4, -0.2) is 27.1 Å². The molecule has 3 aromatic rings. The minimum atomic E-state index is 0.602. The molecule has 0 saturated carbocycles. The van der Waals surface area contributed by atoms with Crippen LogP contribution in [0.4, 0.5) is 0 Å². The monoisotopic (exact) mass is 268 g/mol. The molecule has 5 heteroatoms. The number of aromatic nitrogens is 3. The molecule has 3 rings (SSSR count). The molecule has 0 fully saturated rings. The van der Waals surface area contributed by atoms with E-state index in [-0.39, 0.29) is 0 Å². The van der Waals surface area contributed by atoms with Crippen molar-refractivity contribution in [1.29, 1.82) is 0 Å². The maximum atomic E-state index is 4.98. The van der Waals surface area contributed by atoms with Gasteiger partial charge in [-0.25, -0.2) is 0 Å². The quantitative estimate of drug-likeness (QED) is 0.728. The van der Waals surface area contributed by atoms with Crippen LogP contribution in [0.2, 0.25) is 0 Å². The first kappa shape index (κ1) is 12.7. The molecular weight excluding hydrogens is 252 g/mol. The molecule has 20 heavy (non-hydrogen) atoms. The molecule has 0 aliphatic heterocycles. The lowest BCUT2D eigenvalue weighted by molar-refractivity contribution is 0.300. The van der Waals surface area contributed by atoms with Crippen molar-refractivity contribution in [1.82, 2.24) is 20.0 Å². The number of rotatable bonds is 4. The third-order valence-corrected chi connectivity index (χ3v) is 3.10. The van der Waals surface area contributed by atoms with Crippen LogP contribution in [0, 0.1) is 6.92 Å². The van der Waals surface area contributed by atoms with Gasteiger partial charge >= 0.3 is 0 Å². The smallest absolute Gasteiger partial charge is 0.223 e. The van der Waals surface area contributed by atoms with E-state index in [0.717, 1.165) is 17.4 Å². The second-order valence-electron chi connectivity index (χ2n) is 4.93. The van der Waals surface area contributed by atoms with E-state index in [1.807, 2.05) is 19.3 Å². The van der Waals surface area contributed by atoms with Crippen molar-refractivity contribution in [2.75, 3.05) is 7.05 Å². The summed E-state index contributed by atoms with van der Waals surface area (Å²) in [5.74, 6) is 1.32. The number of nitrogens with zero attached hydrogens (tertiary/aromatic N) is 4. The SMILES string of the molecule is Cc1nc(CN(C)Cc2ccc3ncccc3c2)no1. The van der Waals surface area contributed by atoms with Crippen LogP contribution in [0.5, 0.6) is 0 Å². The Morgan fingerprint density at radius 3 is 2.90 bits per heavy atom. The van der Waals surface area contributed by atoms with Gasteiger partial charge in [-0.3, -0.25) is 9.88 Å². The van der Waals surface area contributed by atoms with E-state index in [9.17, 15) is 0 Å². The van der Waals surface area contributed by atoms with Crippen molar-refractivity contribution in [2.24, 2.45) is 0 Å². The van der Waals surface area contributed by atoms with Gasteiger partial charge in [-0.1, -0.05) is 17.3 Å². The van der Waals surface area contributed by atoms with Gasteiger partial charge in [-0.05, 0) is 30.8 Å². The fourth-order valence-electron chi connectivity index (χ4n) is 2.24. The van der Waals surface area contributed by atoms with Gasteiger partial charge in [0.25, 0.3) is 0 Å². The molecule has 0 N–H and O–H groups in total. The summed E-state index contributed by atoms with van der Waals surface area (Å²) in [5, 5.41) is 5.07. The highest BCUT2D eigenvalue weighted by molar-refractivity contribution is 5.78. The summed E-state index contributed by atoms with van der Waals surface area (Å²) < 4.78 is 4.98. The zero-order chi connectivity index (χ0) is 13.9. The Morgan fingerprint density at radius 1 is 1.20 bits per heavy atom. The van der Waals surface area contributed by atoms with Gasteiger partial charge in [0.15, 0.2) is 5.82 Å². The van der Waals surface area contributed by atoms with Crippen LogP contribution in [-0.2, 0) is 13.1 Å². The number of fused-ring (bicyclic) bond motifs is 1. The molecule has 5 nitrogen and oxygen atoms in total. The Kier molecular flexibility index (Phi) is 3.43. The molecule has 102 valence electrons. The molecule has 0 spiro atoms. The fourth-order valence-corrected chi connectivity index (χ4v) is 2.24. The molecule has 0 unspecified atom stereocenters. The second-order valence-corrected chi connectivity index (χ2v) is 4.93. The summed E-state index contributed by atoms with van der Waals surface area (Å²) in [6.45, 7) is 3.30. The highest BCUT2D eigenvalue weighted by Crippen LogP contribution is 2.15. The van der Waals surface area contributed by atoms with Gasteiger partial charge in [0.1, 0.15) is 0 Å². The Morgan fingerprint density at radius 2 is 2.10 bits per heavy atom. The minimum Gasteiger partial charge on any atom is -0.340 e. The summed E-state index contributed by atoms with van der Waals surface area (Å²) >= 11 is 0. The Hall–Kier alpha value is -2.27. The van der Waals surface area contributed by atoms with Crippen LogP contribution in [0.25, 0.3) is 10.9 Å². The van der Waals surface area contributed by atoms with Crippen molar-refractivity contribution in [3.8, 4) is 0 Å². The Labute approximate surface area is 117 Å². The first-order valence-corrected chi connectivity index (χ1v) is 6.52. The topological polar surface area (TPSA) is 55.1 Å². The largest absolute Gasteiger partial charge is 0.340 e. The third kappa shape index (κ3) is 2.83. The minimum absolute atomic E-state index is 0.602. The molecule has 1 aromatic carbocycles. The standard InChI is InChI=1S/C15H16N4O/c1-11-17-15(18-20-11)10-19(2)9-12-5-6-14-13(8-12)4-3-7-16-14/h3-8H,9-10H2,1-2H3. The van der Waals surface area contributed by atoms with Crippen molar-refractivity contribution < 1.29 is 4.52 Å². The predicted molar refractivity (Wildman–Crippen MR) is 75.9 cm³/mol. The Bertz CT molecular complexity index is 722. The maximum Gasteiger partial charge on any atom is 0.223 e. The van der Waals surface area contributed by atoms with Crippen LogP contribution in [0.15, 0.2) is 41.1 Å². The summed E-state index contributed by atoms with van der Waals surface area (Å²) in [7, 11) is 2.04. The summed E-state index contributed by atoms with van der Waals surface area (Å²) in [6, 6.07) is 10.4. The van der Waals surface area contributed by atoms with Crippen molar-refractivity contribution in [3.05, 3.63) is 53.8 Å². The van der Waals surface area contributed by atoms with Gasteiger partial charge in [0.05, 0.1) is 12.1 Å². The summed E-state index contributed by atoms with van der Waals surface area (Å²) in [5.41, 5.74) is 2.26. The molecule has 0 radical (unpaired) electrons. The average Bonchev–Trinajstić information content (AvgIpc) is 2.83. The van der Waals surface area contributed by atoms with Crippen LogP contribution in [0.3, 0.4) is 0 Å². The van der Waals surface area contributed by atoms with Crippen molar-refractivity contribution in [2.45, 2.75) is 20.0 Å². The van der Waals surface area contributed by atoms with Gasteiger partial charge in [-0.15, -0.1) is 0 Å². The third-order valence-electron chi connectivity index (χ3n) is 3.10. The highest BCUT2D eigenvalue weighted by Gasteiger charge is 2.07. The predicted octanol–water partition coefficient (Wildman–Crippen LogP) is 2.56. The van der Waals surface area contributed by atoms with Gasteiger partial charge < -0.3 is 4.52 Å². The van der Waals surface area contributed by atoms with Crippen LogP contribution >= 0.6 is 0 Å². The number of benzene rings is 1. The summed E-state index contributed by atoms with van der Waals surface area (Å²) in [4.78, 5) is 10.7. The van der Waals surface area contributed by atoms with E-state index < -0.39 is 0 Å². The van der Waals surface area contributed by atoms with Gasteiger partial charge in [-0.2, -0.15) is 4.98 Å². The van der Waals surface area contributed by atoms with E-state index in [0.29, 0.717) is 18.3 Å². The number of aryl methyl sites for hydroxylation is 1. The molecule has 0 aliphatic carbocycles. The molecule has 0 amide bonds. The van der Waals surface area contributed by atoms with Crippen molar-refractivity contribution in [3.63, 3.8) is 0 Å². The molecule has 2 heterocycles. The van der Waals surface area contributed by atoms with Crippen LogP contribution < -0.4 is 0 Å². The number of pyridine rings is 1. The lowest BCUT2D eigenvalue weighted by Gasteiger charge is -2.14. The molecule has 0 atom stereocenters. The van der Waals surface area contributed by atoms with E-state index in [1.165, 1.54) is 5.56 Å². The number of hydrogen-bond acceptors (Lipinski definition) is 5. The highest BCUT2D eigenvalue weighted by atomic mass is 16.5. The molecule has 0 aliphatic rings. The average molecular weight is 268 g/mol. The first-order chi connectivity index (χ1) is 9.70. The Balaban J connectivity index is 1.72. The molecule has 0 saturated heterocycles. The second kappa shape index (κ2) is 5.38. The normalized spacial score (nSPS) is 11.3. The van der Waals surface area contributed by atoms with Crippen LogP contribution in [0.1, 0.15) is 17.3 Å². The maximum absolute atomic E-state index is 4.98.